The molecule has 2 saturated heterocycles. The summed E-state index contributed by atoms with van der Waals surface area (Å²) in [5, 5.41) is 8.81. The molecule has 0 bridgehead atoms. The molecule has 0 saturated carbocycles. The van der Waals surface area contributed by atoms with Crippen LogP contribution >= 0.6 is 0 Å². The molecule has 0 aromatic carbocycles. The fourth-order valence-corrected chi connectivity index (χ4v) is 3.17. The van der Waals surface area contributed by atoms with Gasteiger partial charge in [-0.1, -0.05) is 0 Å². The lowest BCUT2D eigenvalue weighted by atomic mass is 10.0. The Morgan fingerprint density at radius 1 is 1.20 bits per heavy atom. The normalized spacial score (nSPS) is 24.8. The van der Waals surface area contributed by atoms with E-state index in [-0.39, 0.29) is 0 Å². The van der Waals surface area contributed by atoms with E-state index < -0.39 is 0 Å². The second-order valence-corrected chi connectivity index (χ2v) is 5.78. The Kier molecular flexibility index (Phi) is 3.86. The van der Waals surface area contributed by atoms with Gasteiger partial charge in [-0.25, -0.2) is 4.98 Å². The standard InChI is InChI=1S/C15H21N5/c16-9-12-1-2-15(18-10-12)20-8-5-14(11-20)19-6-3-13(17)4-7-19/h1-2,10,13-14H,3-8,11,17H2. The van der Waals surface area contributed by atoms with Crippen LogP contribution in [0.2, 0.25) is 0 Å². The molecule has 2 N–H and O–H groups in total. The van der Waals surface area contributed by atoms with Gasteiger partial charge in [0.2, 0.25) is 0 Å². The third kappa shape index (κ3) is 2.77. The van der Waals surface area contributed by atoms with Crippen molar-refractivity contribution in [3.05, 3.63) is 23.9 Å². The third-order valence-electron chi connectivity index (χ3n) is 4.45. The van der Waals surface area contributed by atoms with Gasteiger partial charge >= 0.3 is 0 Å². The summed E-state index contributed by atoms with van der Waals surface area (Å²) in [5.41, 5.74) is 6.59. The zero-order valence-electron chi connectivity index (χ0n) is 11.7. The van der Waals surface area contributed by atoms with Crippen molar-refractivity contribution in [2.24, 2.45) is 5.73 Å². The van der Waals surface area contributed by atoms with E-state index in [0.717, 1.165) is 44.8 Å². The van der Waals surface area contributed by atoms with Crippen LogP contribution in [0.3, 0.4) is 0 Å². The third-order valence-corrected chi connectivity index (χ3v) is 4.45. The zero-order valence-corrected chi connectivity index (χ0v) is 11.7. The summed E-state index contributed by atoms with van der Waals surface area (Å²) in [6, 6.07) is 6.92. The minimum Gasteiger partial charge on any atom is -0.355 e. The molecule has 2 aliphatic rings. The number of likely N-dealkylation sites (tertiary alicyclic amines) is 1. The van der Waals surface area contributed by atoms with Gasteiger partial charge in [0, 0.05) is 31.4 Å². The van der Waals surface area contributed by atoms with Crippen LogP contribution < -0.4 is 10.6 Å². The number of hydrogen-bond acceptors (Lipinski definition) is 5. The minimum absolute atomic E-state index is 0.393. The van der Waals surface area contributed by atoms with Crippen LogP contribution in [0.4, 0.5) is 5.82 Å². The lowest BCUT2D eigenvalue weighted by molar-refractivity contribution is 0.163. The highest BCUT2D eigenvalue weighted by molar-refractivity contribution is 5.43. The van der Waals surface area contributed by atoms with Crippen LogP contribution in [-0.4, -0.2) is 48.1 Å². The molecule has 20 heavy (non-hydrogen) atoms. The van der Waals surface area contributed by atoms with Crippen molar-refractivity contribution < 1.29 is 0 Å². The molecule has 0 aliphatic carbocycles. The van der Waals surface area contributed by atoms with Gasteiger partial charge in [0.15, 0.2) is 0 Å². The second kappa shape index (κ2) is 5.78. The van der Waals surface area contributed by atoms with Crippen molar-refractivity contribution in [3.63, 3.8) is 0 Å². The molecule has 1 aromatic heterocycles. The molecule has 2 aliphatic heterocycles. The number of piperidine rings is 1. The maximum absolute atomic E-state index is 8.81. The van der Waals surface area contributed by atoms with Crippen LogP contribution in [0.5, 0.6) is 0 Å². The van der Waals surface area contributed by atoms with Crippen molar-refractivity contribution in [3.8, 4) is 6.07 Å². The van der Waals surface area contributed by atoms with Gasteiger partial charge in [-0.05, 0) is 44.5 Å². The van der Waals surface area contributed by atoms with Crippen molar-refractivity contribution in [1.82, 2.24) is 9.88 Å². The maximum atomic E-state index is 8.81. The van der Waals surface area contributed by atoms with E-state index in [4.69, 9.17) is 11.0 Å². The highest BCUT2D eigenvalue weighted by atomic mass is 15.3. The number of nitrogens with zero attached hydrogens (tertiary/aromatic N) is 4. The molecule has 3 heterocycles. The Morgan fingerprint density at radius 2 is 2.00 bits per heavy atom. The molecule has 3 rings (SSSR count). The van der Waals surface area contributed by atoms with Crippen LogP contribution in [-0.2, 0) is 0 Å². The average molecular weight is 271 g/mol. The smallest absolute Gasteiger partial charge is 0.128 e. The molecule has 5 heteroatoms. The molecule has 1 aromatic rings. The number of aromatic nitrogens is 1. The summed E-state index contributed by atoms with van der Waals surface area (Å²) in [7, 11) is 0. The van der Waals surface area contributed by atoms with E-state index in [2.05, 4.69) is 20.9 Å². The summed E-state index contributed by atoms with van der Waals surface area (Å²) in [6.45, 7) is 4.33. The van der Waals surface area contributed by atoms with Crippen LogP contribution in [0, 0.1) is 11.3 Å². The quantitative estimate of drug-likeness (QED) is 0.867. The van der Waals surface area contributed by atoms with Crippen LogP contribution in [0.1, 0.15) is 24.8 Å². The molecule has 1 atom stereocenters. The molecule has 5 nitrogen and oxygen atoms in total. The van der Waals surface area contributed by atoms with E-state index >= 15 is 0 Å². The van der Waals surface area contributed by atoms with Gasteiger partial charge in [0.1, 0.15) is 11.9 Å². The van der Waals surface area contributed by atoms with Gasteiger partial charge in [-0.3, -0.25) is 4.90 Å². The van der Waals surface area contributed by atoms with Crippen LogP contribution in [0.15, 0.2) is 18.3 Å². The molecule has 0 spiro atoms. The average Bonchev–Trinajstić information content (AvgIpc) is 2.98. The highest BCUT2D eigenvalue weighted by Gasteiger charge is 2.30. The number of rotatable bonds is 2. The van der Waals surface area contributed by atoms with Gasteiger partial charge in [0.25, 0.3) is 0 Å². The number of nitriles is 1. The van der Waals surface area contributed by atoms with Gasteiger partial charge in [-0.2, -0.15) is 5.26 Å². The number of pyridine rings is 1. The zero-order chi connectivity index (χ0) is 13.9. The van der Waals surface area contributed by atoms with E-state index in [0.29, 0.717) is 17.6 Å². The van der Waals surface area contributed by atoms with Crippen molar-refractivity contribution in [2.45, 2.75) is 31.3 Å². The Labute approximate surface area is 120 Å². The predicted molar refractivity (Wildman–Crippen MR) is 78.4 cm³/mol. The largest absolute Gasteiger partial charge is 0.355 e. The second-order valence-electron chi connectivity index (χ2n) is 5.78. The molecule has 1 unspecified atom stereocenters. The number of nitrogens with two attached hydrogens (primary N) is 1. The highest BCUT2D eigenvalue weighted by Crippen LogP contribution is 2.23. The van der Waals surface area contributed by atoms with Crippen molar-refractivity contribution in [2.75, 3.05) is 31.1 Å². The first-order valence-electron chi connectivity index (χ1n) is 7.37. The summed E-state index contributed by atoms with van der Waals surface area (Å²) in [4.78, 5) is 9.28. The van der Waals surface area contributed by atoms with E-state index in [1.54, 1.807) is 6.20 Å². The molecule has 2 fully saturated rings. The summed E-state index contributed by atoms with van der Waals surface area (Å²) in [6.07, 6.45) is 5.08. The van der Waals surface area contributed by atoms with Gasteiger partial charge in [-0.15, -0.1) is 0 Å². The number of anilines is 1. The topological polar surface area (TPSA) is 69.2 Å². The van der Waals surface area contributed by atoms with Gasteiger partial charge < -0.3 is 10.6 Å². The Balaban J connectivity index is 1.60. The molecular formula is C15H21N5. The Morgan fingerprint density at radius 3 is 2.65 bits per heavy atom. The number of hydrogen-bond donors (Lipinski definition) is 1. The minimum atomic E-state index is 0.393. The fourth-order valence-electron chi connectivity index (χ4n) is 3.17. The molecule has 0 amide bonds. The first kappa shape index (κ1) is 13.3. The monoisotopic (exact) mass is 271 g/mol. The lowest BCUT2D eigenvalue weighted by Crippen LogP contribution is -2.46. The summed E-state index contributed by atoms with van der Waals surface area (Å²) in [5.74, 6) is 0.986. The van der Waals surface area contributed by atoms with Gasteiger partial charge in [0.05, 0.1) is 5.56 Å². The predicted octanol–water partition coefficient (Wildman–Crippen LogP) is 0.955. The molecule has 106 valence electrons. The maximum Gasteiger partial charge on any atom is 0.128 e. The Bertz CT molecular complexity index is 484. The molecule has 0 radical (unpaired) electrons. The summed E-state index contributed by atoms with van der Waals surface area (Å²) >= 11 is 0. The van der Waals surface area contributed by atoms with Crippen molar-refractivity contribution in [1.29, 1.82) is 5.26 Å². The Hall–Kier alpha value is -1.64. The molecular weight excluding hydrogens is 250 g/mol. The lowest BCUT2D eigenvalue weighted by Gasteiger charge is -2.34. The van der Waals surface area contributed by atoms with E-state index in [1.807, 2.05) is 12.1 Å². The van der Waals surface area contributed by atoms with E-state index in [1.165, 1.54) is 6.42 Å². The summed E-state index contributed by atoms with van der Waals surface area (Å²) < 4.78 is 0. The first-order chi connectivity index (χ1) is 9.76. The van der Waals surface area contributed by atoms with Crippen molar-refractivity contribution >= 4 is 5.82 Å². The fraction of sp³-hybridized carbons (Fsp3) is 0.600. The first-order valence-corrected chi connectivity index (χ1v) is 7.37. The SMILES string of the molecule is N#Cc1ccc(N2CCC(N3CCC(N)CC3)C2)nc1. The van der Waals surface area contributed by atoms with Crippen LogP contribution in [0.25, 0.3) is 0 Å². The van der Waals surface area contributed by atoms with E-state index in [9.17, 15) is 0 Å².